The van der Waals surface area contributed by atoms with Gasteiger partial charge in [0.1, 0.15) is 0 Å². The van der Waals surface area contributed by atoms with Gasteiger partial charge in [0.15, 0.2) is 5.60 Å². The first-order chi connectivity index (χ1) is 12.6. The number of fused-ring (bicyclic) bond motifs is 2. The minimum absolute atomic E-state index is 0.377. The normalized spacial score (nSPS) is 11.6. The molecule has 0 amide bonds. The van der Waals surface area contributed by atoms with Crippen LogP contribution >= 0.6 is 0 Å². The number of aromatic nitrogens is 2. The molecule has 0 fully saturated rings. The molecule has 0 atom stereocenters. The quantitative estimate of drug-likeness (QED) is 0.510. The Balaban J connectivity index is 1.91. The molecule has 26 heavy (non-hydrogen) atoms. The molecule has 0 aliphatic heterocycles. The molecule has 0 radical (unpaired) electrons. The first-order valence-corrected chi connectivity index (χ1v) is 8.48. The van der Waals surface area contributed by atoms with Gasteiger partial charge in [0, 0.05) is 17.7 Å². The molecular formula is C22H18N2O2. The van der Waals surface area contributed by atoms with Gasteiger partial charge in [-0.15, -0.1) is 0 Å². The molecule has 0 aliphatic rings. The molecule has 4 nitrogen and oxygen atoms in total. The van der Waals surface area contributed by atoms with Crippen LogP contribution in [-0.2, 0) is 15.1 Å². The maximum atomic E-state index is 11.9. The van der Waals surface area contributed by atoms with E-state index in [4.69, 9.17) is 14.7 Å². The van der Waals surface area contributed by atoms with E-state index in [1.165, 1.54) is 6.92 Å². The van der Waals surface area contributed by atoms with Crippen LogP contribution in [0.4, 0.5) is 0 Å². The van der Waals surface area contributed by atoms with E-state index in [2.05, 4.69) is 0 Å². The van der Waals surface area contributed by atoms with Crippen LogP contribution in [0, 0.1) is 0 Å². The van der Waals surface area contributed by atoms with Crippen molar-refractivity contribution >= 4 is 27.8 Å². The second-order valence-electron chi connectivity index (χ2n) is 6.41. The van der Waals surface area contributed by atoms with Gasteiger partial charge >= 0.3 is 5.97 Å². The third kappa shape index (κ3) is 2.80. The van der Waals surface area contributed by atoms with Gasteiger partial charge in [-0.2, -0.15) is 0 Å². The average Bonchev–Trinajstić information content (AvgIpc) is 2.66. The molecule has 4 heteroatoms. The van der Waals surface area contributed by atoms with Crippen LogP contribution < -0.4 is 0 Å². The summed E-state index contributed by atoms with van der Waals surface area (Å²) in [5, 5.41) is 2.07. The first kappa shape index (κ1) is 16.2. The van der Waals surface area contributed by atoms with Crippen LogP contribution in [0.25, 0.3) is 21.8 Å². The van der Waals surface area contributed by atoms with Gasteiger partial charge in [-0.25, -0.2) is 9.97 Å². The lowest BCUT2D eigenvalue weighted by atomic mass is 9.94. The van der Waals surface area contributed by atoms with Crippen molar-refractivity contribution in [2.75, 3.05) is 0 Å². The van der Waals surface area contributed by atoms with Crippen LogP contribution in [-0.4, -0.2) is 15.9 Å². The average molecular weight is 342 g/mol. The topological polar surface area (TPSA) is 52.1 Å². The Hall–Kier alpha value is -3.27. The van der Waals surface area contributed by atoms with E-state index >= 15 is 0 Å². The summed E-state index contributed by atoms with van der Waals surface area (Å²) >= 11 is 0. The van der Waals surface area contributed by atoms with E-state index in [-0.39, 0.29) is 5.97 Å². The van der Waals surface area contributed by atoms with Gasteiger partial charge in [-0.05, 0) is 31.2 Å². The van der Waals surface area contributed by atoms with Crippen LogP contribution in [0.15, 0.2) is 72.8 Å². The summed E-state index contributed by atoms with van der Waals surface area (Å²) in [7, 11) is 0. The molecule has 0 saturated carbocycles. The number of pyridine rings is 2. The zero-order valence-corrected chi connectivity index (χ0v) is 14.6. The molecule has 0 aliphatic carbocycles. The first-order valence-electron chi connectivity index (χ1n) is 8.48. The van der Waals surface area contributed by atoms with Crippen molar-refractivity contribution in [3.05, 3.63) is 84.2 Å². The predicted octanol–water partition coefficient (Wildman–Crippen LogP) is 4.61. The summed E-state index contributed by atoms with van der Waals surface area (Å²) in [6.07, 6.45) is 0. The number of nitrogens with zero attached hydrogens (tertiary/aromatic N) is 2. The molecule has 0 unspecified atom stereocenters. The standard InChI is InChI=1S/C22H18N2O2/c1-15(25)26-22(2,20-13-11-16-7-3-5-9-18(16)23-20)21-14-12-17-8-4-6-10-19(17)24-21/h3-14H,1-2H3. The Kier molecular flexibility index (Phi) is 3.88. The van der Waals surface area contributed by atoms with Gasteiger partial charge in [0.2, 0.25) is 0 Å². The molecule has 0 saturated heterocycles. The van der Waals surface area contributed by atoms with Crippen molar-refractivity contribution < 1.29 is 9.53 Å². The highest BCUT2D eigenvalue weighted by Crippen LogP contribution is 2.33. The molecule has 0 N–H and O–H groups in total. The van der Waals surface area contributed by atoms with Gasteiger partial charge in [-0.1, -0.05) is 48.5 Å². The highest BCUT2D eigenvalue weighted by atomic mass is 16.6. The van der Waals surface area contributed by atoms with Crippen molar-refractivity contribution in [2.45, 2.75) is 19.4 Å². The molecule has 2 heterocycles. The maximum Gasteiger partial charge on any atom is 0.303 e. The molecule has 0 spiro atoms. The summed E-state index contributed by atoms with van der Waals surface area (Å²) < 4.78 is 5.74. The van der Waals surface area contributed by atoms with E-state index in [0.717, 1.165) is 21.8 Å². The van der Waals surface area contributed by atoms with Crippen LogP contribution in [0.5, 0.6) is 0 Å². The monoisotopic (exact) mass is 342 g/mol. The lowest BCUT2D eigenvalue weighted by Gasteiger charge is -2.28. The van der Waals surface area contributed by atoms with Gasteiger partial charge in [0.25, 0.3) is 0 Å². The lowest BCUT2D eigenvalue weighted by Crippen LogP contribution is -2.31. The molecule has 4 rings (SSSR count). The fourth-order valence-electron chi connectivity index (χ4n) is 3.19. The van der Waals surface area contributed by atoms with Crippen LogP contribution in [0.2, 0.25) is 0 Å². The SMILES string of the molecule is CC(=O)OC(C)(c1ccc2ccccc2n1)c1ccc2ccccc2n1. The smallest absolute Gasteiger partial charge is 0.303 e. The number of para-hydroxylation sites is 2. The minimum atomic E-state index is -1.07. The van der Waals surface area contributed by atoms with Crippen molar-refractivity contribution in [3.63, 3.8) is 0 Å². The fraction of sp³-hybridized carbons (Fsp3) is 0.136. The molecule has 128 valence electrons. The van der Waals surface area contributed by atoms with E-state index in [1.807, 2.05) is 79.7 Å². The van der Waals surface area contributed by atoms with Gasteiger partial charge in [0.05, 0.1) is 22.4 Å². The number of benzene rings is 2. The Morgan fingerprint density at radius 3 is 1.69 bits per heavy atom. The number of carbonyl (C=O) groups is 1. The largest absolute Gasteiger partial charge is 0.446 e. The van der Waals surface area contributed by atoms with Gasteiger partial charge in [-0.3, -0.25) is 4.79 Å². The number of carbonyl (C=O) groups excluding carboxylic acids is 1. The third-order valence-electron chi connectivity index (χ3n) is 4.52. The predicted molar refractivity (Wildman–Crippen MR) is 102 cm³/mol. The number of rotatable bonds is 3. The number of ether oxygens (including phenoxy) is 1. The Morgan fingerprint density at radius 2 is 1.23 bits per heavy atom. The van der Waals surface area contributed by atoms with Crippen molar-refractivity contribution in [1.29, 1.82) is 0 Å². The summed E-state index contributed by atoms with van der Waals surface area (Å²) in [4.78, 5) is 21.3. The third-order valence-corrected chi connectivity index (χ3v) is 4.52. The maximum absolute atomic E-state index is 11.9. The van der Waals surface area contributed by atoms with Crippen LogP contribution in [0.3, 0.4) is 0 Å². The zero-order valence-electron chi connectivity index (χ0n) is 14.6. The lowest BCUT2D eigenvalue weighted by molar-refractivity contribution is -0.153. The van der Waals surface area contributed by atoms with E-state index < -0.39 is 5.60 Å². The molecule has 2 aromatic heterocycles. The number of hydrogen-bond donors (Lipinski definition) is 0. The summed E-state index contributed by atoms with van der Waals surface area (Å²) in [5.74, 6) is -0.377. The highest BCUT2D eigenvalue weighted by Gasteiger charge is 2.36. The molecule has 2 aromatic carbocycles. The summed E-state index contributed by atoms with van der Waals surface area (Å²) in [6.45, 7) is 3.24. The zero-order chi connectivity index (χ0) is 18.1. The van der Waals surface area contributed by atoms with Crippen molar-refractivity contribution in [2.24, 2.45) is 0 Å². The number of hydrogen-bond acceptors (Lipinski definition) is 4. The van der Waals surface area contributed by atoms with Crippen LogP contribution in [0.1, 0.15) is 25.2 Å². The second-order valence-corrected chi connectivity index (χ2v) is 6.41. The Labute approximate surface area is 151 Å². The molecule has 0 bridgehead atoms. The summed E-state index contributed by atoms with van der Waals surface area (Å²) in [6, 6.07) is 23.5. The Bertz CT molecular complexity index is 1040. The molecular weight excluding hydrogens is 324 g/mol. The van der Waals surface area contributed by atoms with E-state index in [0.29, 0.717) is 11.4 Å². The molecule has 4 aromatic rings. The Morgan fingerprint density at radius 1 is 0.769 bits per heavy atom. The fourth-order valence-corrected chi connectivity index (χ4v) is 3.19. The van der Waals surface area contributed by atoms with Crippen molar-refractivity contribution in [3.8, 4) is 0 Å². The van der Waals surface area contributed by atoms with Crippen molar-refractivity contribution in [1.82, 2.24) is 9.97 Å². The van der Waals surface area contributed by atoms with E-state index in [9.17, 15) is 4.79 Å². The van der Waals surface area contributed by atoms with Gasteiger partial charge < -0.3 is 4.74 Å². The minimum Gasteiger partial charge on any atom is -0.446 e. The number of esters is 1. The van der Waals surface area contributed by atoms with E-state index in [1.54, 1.807) is 0 Å². The highest BCUT2D eigenvalue weighted by molar-refractivity contribution is 5.80. The summed E-state index contributed by atoms with van der Waals surface area (Å²) in [5.41, 5.74) is 1.93. The second kappa shape index (κ2) is 6.23.